The molecule has 5 nitrogen and oxygen atoms in total. The van der Waals surface area contributed by atoms with Gasteiger partial charge in [-0.1, -0.05) is 18.2 Å². The summed E-state index contributed by atoms with van der Waals surface area (Å²) in [5.41, 5.74) is 2.34. The average molecular weight is 530 g/mol. The van der Waals surface area contributed by atoms with E-state index in [2.05, 4.69) is 59.6 Å². The average Bonchev–Trinajstić information content (AvgIpc) is 3.10. The first-order valence-corrected chi connectivity index (χ1v) is 9.42. The highest BCUT2D eigenvalue weighted by Crippen LogP contribution is 2.28. The molecule has 0 spiro atoms. The number of anilines is 1. The molecule has 2 N–H and O–H groups in total. The van der Waals surface area contributed by atoms with Crippen molar-refractivity contribution in [2.45, 2.75) is 18.9 Å². The monoisotopic (exact) mass is 529 g/mol. The second kappa shape index (κ2) is 10.7. The predicted octanol–water partition coefficient (Wildman–Crippen LogP) is 3.45. The molecule has 0 aliphatic carbocycles. The summed E-state index contributed by atoms with van der Waals surface area (Å²) < 4.78 is 1.15. The maximum Gasteiger partial charge on any atom is 0.191 e. The number of benzene rings is 1. The summed E-state index contributed by atoms with van der Waals surface area (Å²) in [6, 6.07) is 14.8. The van der Waals surface area contributed by atoms with Crippen molar-refractivity contribution in [1.82, 2.24) is 15.6 Å². The van der Waals surface area contributed by atoms with E-state index in [4.69, 9.17) is 0 Å². The fourth-order valence-corrected chi connectivity index (χ4v) is 3.58. The minimum absolute atomic E-state index is 0. The summed E-state index contributed by atoms with van der Waals surface area (Å²) in [5.74, 6) is 0.856. The molecule has 2 heterocycles. The van der Waals surface area contributed by atoms with Crippen LogP contribution in [-0.4, -0.2) is 43.7 Å². The van der Waals surface area contributed by atoms with E-state index in [9.17, 15) is 0 Å². The summed E-state index contributed by atoms with van der Waals surface area (Å²) in [7, 11) is 1.82. The van der Waals surface area contributed by atoms with Crippen LogP contribution < -0.4 is 15.5 Å². The van der Waals surface area contributed by atoms with E-state index in [1.165, 1.54) is 5.69 Å². The summed E-state index contributed by atoms with van der Waals surface area (Å²) in [5, 5.41) is 6.91. The Labute approximate surface area is 180 Å². The number of nitrogens with zero attached hydrogens (tertiary/aromatic N) is 3. The number of aliphatic imine (C=N–C) groups is 1. The van der Waals surface area contributed by atoms with E-state index in [1.54, 1.807) is 0 Å². The molecule has 0 saturated carbocycles. The topological polar surface area (TPSA) is 52.6 Å². The minimum Gasteiger partial charge on any atom is -0.368 e. The number of nitrogens with one attached hydrogen (secondary N) is 2. The van der Waals surface area contributed by atoms with Crippen LogP contribution in [0, 0.1) is 0 Å². The van der Waals surface area contributed by atoms with Gasteiger partial charge in [0.15, 0.2) is 5.96 Å². The van der Waals surface area contributed by atoms with E-state index in [0.29, 0.717) is 6.04 Å². The zero-order valence-electron chi connectivity index (χ0n) is 14.9. The molecule has 0 radical (unpaired) electrons. The molecule has 3 rings (SSSR count). The molecule has 1 atom stereocenters. The smallest absolute Gasteiger partial charge is 0.191 e. The fraction of sp³-hybridized carbons (Fsp3) is 0.368. The van der Waals surface area contributed by atoms with Crippen LogP contribution in [0.15, 0.2) is 58.1 Å². The highest BCUT2D eigenvalue weighted by molar-refractivity contribution is 14.0. The Balaban J connectivity index is 0.00000243. The molecule has 0 bridgehead atoms. The van der Waals surface area contributed by atoms with Gasteiger partial charge in [-0.2, -0.15) is 0 Å². The van der Waals surface area contributed by atoms with Gasteiger partial charge >= 0.3 is 0 Å². The molecule has 1 aliphatic heterocycles. The molecule has 2 aromatic rings. The molecule has 1 aliphatic rings. The fourth-order valence-electron chi connectivity index (χ4n) is 3.05. The molecule has 1 fully saturated rings. The SMILES string of the molecule is CN=C(NCCc1ccccn1)NC1CCN(c2ccccc2Br)C1.I. The Morgan fingerprint density at radius 3 is 2.81 bits per heavy atom. The predicted molar refractivity (Wildman–Crippen MR) is 123 cm³/mol. The van der Waals surface area contributed by atoms with Crippen LogP contribution in [0.1, 0.15) is 12.1 Å². The normalized spacial score (nSPS) is 16.9. The van der Waals surface area contributed by atoms with Crippen molar-refractivity contribution in [3.8, 4) is 0 Å². The highest BCUT2D eigenvalue weighted by Gasteiger charge is 2.24. The van der Waals surface area contributed by atoms with Crippen molar-refractivity contribution in [2.24, 2.45) is 4.99 Å². The van der Waals surface area contributed by atoms with E-state index in [-0.39, 0.29) is 24.0 Å². The Kier molecular flexibility index (Phi) is 8.64. The lowest BCUT2D eigenvalue weighted by Crippen LogP contribution is -2.45. The molecule has 1 aromatic heterocycles. The first-order chi connectivity index (χ1) is 12.3. The largest absolute Gasteiger partial charge is 0.368 e. The first kappa shape index (κ1) is 21.0. The van der Waals surface area contributed by atoms with Crippen molar-refractivity contribution in [3.05, 3.63) is 58.8 Å². The van der Waals surface area contributed by atoms with Gasteiger partial charge in [-0.3, -0.25) is 9.98 Å². The number of pyridine rings is 1. The molecule has 1 unspecified atom stereocenters. The number of hydrogen-bond acceptors (Lipinski definition) is 3. The molecule has 1 aromatic carbocycles. The third-order valence-corrected chi connectivity index (χ3v) is 5.02. The van der Waals surface area contributed by atoms with Crippen molar-refractivity contribution < 1.29 is 0 Å². The lowest BCUT2D eigenvalue weighted by atomic mass is 10.2. The van der Waals surface area contributed by atoms with Crippen molar-refractivity contribution in [3.63, 3.8) is 0 Å². The van der Waals surface area contributed by atoms with Gasteiger partial charge in [-0.15, -0.1) is 24.0 Å². The summed E-state index contributed by atoms with van der Waals surface area (Å²) in [4.78, 5) is 11.1. The van der Waals surface area contributed by atoms with Gasteiger partial charge in [0.1, 0.15) is 0 Å². The maximum absolute atomic E-state index is 4.35. The molecule has 1 saturated heterocycles. The second-order valence-corrected chi connectivity index (χ2v) is 6.95. The van der Waals surface area contributed by atoms with Crippen molar-refractivity contribution >= 4 is 51.6 Å². The number of aromatic nitrogens is 1. The van der Waals surface area contributed by atoms with Gasteiger partial charge in [-0.25, -0.2) is 0 Å². The van der Waals surface area contributed by atoms with Gasteiger partial charge in [-0.05, 0) is 46.6 Å². The van der Waals surface area contributed by atoms with Crippen LogP contribution in [-0.2, 0) is 6.42 Å². The molecule has 26 heavy (non-hydrogen) atoms. The third kappa shape index (κ3) is 5.84. The molecule has 7 heteroatoms. The number of hydrogen-bond donors (Lipinski definition) is 2. The lowest BCUT2D eigenvalue weighted by Gasteiger charge is -2.21. The molecular weight excluding hydrogens is 505 g/mol. The molecule has 0 amide bonds. The van der Waals surface area contributed by atoms with Gasteiger partial charge in [0.2, 0.25) is 0 Å². The van der Waals surface area contributed by atoms with Crippen LogP contribution in [0.25, 0.3) is 0 Å². The van der Waals surface area contributed by atoms with Crippen LogP contribution >= 0.6 is 39.9 Å². The van der Waals surface area contributed by atoms with Gasteiger partial charge < -0.3 is 15.5 Å². The number of rotatable bonds is 5. The lowest BCUT2D eigenvalue weighted by molar-refractivity contribution is 0.647. The molecule has 140 valence electrons. The van der Waals surface area contributed by atoms with Gasteiger partial charge in [0, 0.05) is 55.5 Å². The zero-order chi connectivity index (χ0) is 17.5. The summed E-state index contributed by atoms with van der Waals surface area (Å²) in [6.07, 6.45) is 3.81. The van der Waals surface area contributed by atoms with Crippen LogP contribution in [0.2, 0.25) is 0 Å². The minimum atomic E-state index is 0. The molecular formula is C19H25BrIN5. The van der Waals surface area contributed by atoms with E-state index in [1.807, 2.05) is 37.5 Å². The maximum atomic E-state index is 4.35. The van der Waals surface area contributed by atoms with E-state index in [0.717, 1.165) is 48.6 Å². The van der Waals surface area contributed by atoms with Gasteiger partial charge in [0.05, 0.1) is 5.69 Å². The highest BCUT2D eigenvalue weighted by atomic mass is 127. The third-order valence-electron chi connectivity index (χ3n) is 4.35. The van der Waals surface area contributed by atoms with Crippen LogP contribution in [0.5, 0.6) is 0 Å². The van der Waals surface area contributed by atoms with Crippen LogP contribution in [0.3, 0.4) is 0 Å². The zero-order valence-corrected chi connectivity index (χ0v) is 18.8. The Bertz CT molecular complexity index is 710. The quantitative estimate of drug-likeness (QED) is 0.354. The Morgan fingerprint density at radius 1 is 1.27 bits per heavy atom. The second-order valence-electron chi connectivity index (χ2n) is 6.10. The summed E-state index contributed by atoms with van der Waals surface area (Å²) in [6.45, 7) is 2.84. The first-order valence-electron chi connectivity index (χ1n) is 8.63. The summed E-state index contributed by atoms with van der Waals surface area (Å²) >= 11 is 3.64. The van der Waals surface area contributed by atoms with Crippen molar-refractivity contribution in [2.75, 3.05) is 31.6 Å². The van der Waals surface area contributed by atoms with Crippen LogP contribution in [0.4, 0.5) is 5.69 Å². The number of guanidine groups is 1. The van der Waals surface area contributed by atoms with E-state index < -0.39 is 0 Å². The Morgan fingerprint density at radius 2 is 2.08 bits per heavy atom. The van der Waals surface area contributed by atoms with Gasteiger partial charge in [0.25, 0.3) is 0 Å². The Hall–Kier alpha value is -1.35. The van der Waals surface area contributed by atoms with E-state index >= 15 is 0 Å². The number of para-hydroxylation sites is 1. The number of halogens is 2. The van der Waals surface area contributed by atoms with Crippen molar-refractivity contribution in [1.29, 1.82) is 0 Å². The standard InChI is InChI=1S/C19H24BrN5.HI/c1-21-19(23-12-9-15-6-4-5-11-22-15)24-16-10-13-25(14-16)18-8-3-2-7-17(18)20;/h2-8,11,16H,9-10,12-14H2,1H3,(H2,21,23,24);1H.